The monoisotopic (exact) mass is 545 g/mol. The molecule has 1 amide bonds. The Hall–Kier alpha value is -4.01. The number of methoxy groups -OCH3 is 1. The van der Waals surface area contributed by atoms with Gasteiger partial charge in [-0.05, 0) is 60.0 Å². The second-order valence-electron chi connectivity index (χ2n) is 8.45. The van der Waals surface area contributed by atoms with Gasteiger partial charge in [-0.1, -0.05) is 59.8 Å². The van der Waals surface area contributed by atoms with E-state index in [1.165, 1.54) is 11.8 Å². The van der Waals surface area contributed by atoms with Crippen molar-refractivity contribution in [3.05, 3.63) is 99.4 Å². The molecule has 3 aromatic carbocycles. The molecule has 9 heteroatoms. The Morgan fingerprint density at radius 3 is 2.58 bits per heavy atom. The van der Waals surface area contributed by atoms with Crippen LogP contribution in [0.25, 0.3) is 11.8 Å². The number of benzene rings is 3. The van der Waals surface area contributed by atoms with Gasteiger partial charge in [-0.2, -0.15) is 4.99 Å². The standard InChI is InChI=1S/C29H24ClN3O4S/c1-18-14-21(9-10-23(18)30)36-12-13-37-25-11-8-19(16-26(25)35-2)15-22-27(31)33-24(20-6-4-3-5-7-20)17-38-29(33)32-28(22)34/h3-11,14-17,31H,12-13H2,1-2H3. The highest BCUT2D eigenvalue weighted by Gasteiger charge is 2.36. The molecule has 2 aliphatic rings. The number of hydrogen-bond acceptors (Lipinski definition) is 6. The molecule has 5 rings (SSSR count). The molecule has 0 aromatic heterocycles. The maximum Gasteiger partial charge on any atom is 0.283 e. The molecule has 0 unspecified atom stereocenters. The molecule has 0 fully saturated rings. The second kappa shape index (κ2) is 11.2. The van der Waals surface area contributed by atoms with Crippen molar-refractivity contribution in [3.8, 4) is 17.2 Å². The minimum absolute atomic E-state index is 0.0778. The number of nitrogens with one attached hydrogen (secondary N) is 1. The molecule has 0 saturated carbocycles. The quantitative estimate of drug-likeness (QED) is 0.260. The number of fused-ring (bicyclic) bond motifs is 1. The lowest BCUT2D eigenvalue weighted by Gasteiger charge is -2.27. The number of halogens is 1. The van der Waals surface area contributed by atoms with Crippen LogP contribution in [0.5, 0.6) is 17.2 Å². The molecule has 3 aromatic rings. The van der Waals surface area contributed by atoms with E-state index in [9.17, 15) is 4.79 Å². The topological polar surface area (TPSA) is 84.2 Å². The summed E-state index contributed by atoms with van der Waals surface area (Å²) in [4.78, 5) is 18.7. The van der Waals surface area contributed by atoms with Gasteiger partial charge in [-0.15, -0.1) is 0 Å². The number of thioether (sulfide) groups is 1. The lowest BCUT2D eigenvalue weighted by Crippen LogP contribution is -2.38. The van der Waals surface area contributed by atoms with Crippen LogP contribution in [0, 0.1) is 12.3 Å². The van der Waals surface area contributed by atoms with Gasteiger partial charge >= 0.3 is 0 Å². The summed E-state index contributed by atoms with van der Waals surface area (Å²) >= 11 is 7.40. The molecule has 0 saturated heterocycles. The van der Waals surface area contributed by atoms with Gasteiger partial charge in [-0.3, -0.25) is 15.1 Å². The molecule has 2 aliphatic heterocycles. The summed E-state index contributed by atoms with van der Waals surface area (Å²) in [7, 11) is 1.55. The third-order valence-electron chi connectivity index (χ3n) is 5.92. The van der Waals surface area contributed by atoms with Crippen LogP contribution in [-0.2, 0) is 4.79 Å². The average Bonchev–Trinajstić information content (AvgIpc) is 3.35. The zero-order valence-corrected chi connectivity index (χ0v) is 22.3. The SMILES string of the molecule is COc1cc(C=C2C(=N)N3C(c4ccccc4)=CSC3=NC2=O)ccc1OCCOc1ccc(Cl)c(C)c1. The summed E-state index contributed by atoms with van der Waals surface area (Å²) in [5.74, 6) is 1.39. The fourth-order valence-corrected chi connectivity index (χ4v) is 5.00. The zero-order chi connectivity index (χ0) is 26.6. The Balaban J connectivity index is 1.29. The molecule has 2 heterocycles. The van der Waals surface area contributed by atoms with Crippen LogP contribution in [-0.4, -0.2) is 42.1 Å². The van der Waals surface area contributed by atoms with Crippen molar-refractivity contribution in [2.75, 3.05) is 20.3 Å². The van der Waals surface area contributed by atoms with Gasteiger partial charge in [0.2, 0.25) is 0 Å². The highest BCUT2D eigenvalue weighted by molar-refractivity contribution is 8.17. The number of aliphatic imine (C=N–C) groups is 1. The van der Waals surface area contributed by atoms with Crippen molar-refractivity contribution in [1.29, 1.82) is 5.41 Å². The fourth-order valence-electron chi connectivity index (χ4n) is 3.99. The van der Waals surface area contributed by atoms with E-state index >= 15 is 0 Å². The first-order chi connectivity index (χ1) is 18.4. The Labute approximate surface area is 229 Å². The molecule has 192 valence electrons. The maximum absolute atomic E-state index is 12.8. The minimum Gasteiger partial charge on any atom is -0.493 e. The van der Waals surface area contributed by atoms with Gasteiger partial charge in [0.25, 0.3) is 5.91 Å². The average molecular weight is 546 g/mol. The first-order valence-electron chi connectivity index (χ1n) is 11.8. The number of carbonyl (C=O) groups is 1. The van der Waals surface area contributed by atoms with Crippen LogP contribution >= 0.6 is 23.4 Å². The van der Waals surface area contributed by atoms with Crippen molar-refractivity contribution in [1.82, 2.24) is 4.90 Å². The van der Waals surface area contributed by atoms with E-state index in [4.69, 9.17) is 31.2 Å². The lowest BCUT2D eigenvalue weighted by molar-refractivity contribution is -0.114. The summed E-state index contributed by atoms with van der Waals surface area (Å²) in [5.41, 5.74) is 3.59. The summed E-state index contributed by atoms with van der Waals surface area (Å²) in [5, 5.41) is 11.9. The second-order valence-corrected chi connectivity index (χ2v) is 9.69. The number of amidine groups is 2. The largest absolute Gasteiger partial charge is 0.493 e. The first kappa shape index (κ1) is 25.6. The number of hydrogen-bond donors (Lipinski definition) is 1. The molecular formula is C29H24ClN3O4S. The summed E-state index contributed by atoms with van der Waals surface area (Å²) in [6.07, 6.45) is 1.65. The molecule has 38 heavy (non-hydrogen) atoms. The highest BCUT2D eigenvalue weighted by Crippen LogP contribution is 2.37. The molecule has 1 N–H and O–H groups in total. The number of amides is 1. The lowest BCUT2D eigenvalue weighted by atomic mass is 10.1. The van der Waals surface area contributed by atoms with Gasteiger partial charge < -0.3 is 14.2 Å². The van der Waals surface area contributed by atoms with E-state index in [-0.39, 0.29) is 11.4 Å². The van der Waals surface area contributed by atoms with Gasteiger partial charge in [-0.25, -0.2) is 0 Å². The Bertz CT molecular complexity index is 1500. The number of ether oxygens (including phenoxy) is 3. The molecule has 0 atom stereocenters. The van der Waals surface area contributed by atoms with Crippen molar-refractivity contribution in [3.63, 3.8) is 0 Å². The van der Waals surface area contributed by atoms with E-state index < -0.39 is 5.91 Å². The summed E-state index contributed by atoms with van der Waals surface area (Å²) < 4.78 is 17.1. The number of carbonyl (C=O) groups excluding carboxylic acids is 1. The fraction of sp³-hybridized carbons (Fsp3) is 0.138. The molecule has 0 spiro atoms. The van der Waals surface area contributed by atoms with Crippen LogP contribution in [0.2, 0.25) is 5.02 Å². The van der Waals surface area contributed by atoms with E-state index in [1.54, 1.807) is 42.4 Å². The van der Waals surface area contributed by atoms with Gasteiger partial charge in [0.1, 0.15) is 24.8 Å². The van der Waals surface area contributed by atoms with Crippen molar-refractivity contribution < 1.29 is 19.0 Å². The predicted octanol–water partition coefficient (Wildman–Crippen LogP) is 6.42. The minimum atomic E-state index is -0.453. The van der Waals surface area contributed by atoms with Gasteiger partial charge in [0.05, 0.1) is 18.4 Å². The van der Waals surface area contributed by atoms with Crippen molar-refractivity contribution in [2.45, 2.75) is 6.92 Å². The van der Waals surface area contributed by atoms with E-state index in [2.05, 4.69) is 4.99 Å². The molecule has 7 nitrogen and oxygen atoms in total. The number of nitrogens with zero attached hydrogens (tertiary/aromatic N) is 2. The summed E-state index contributed by atoms with van der Waals surface area (Å²) in [6.45, 7) is 2.57. The predicted molar refractivity (Wildman–Crippen MR) is 152 cm³/mol. The Morgan fingerprint density at radius 1 is 1.03 bits per heavy atom. The van der Waals surface area contributed by atoms with Crippen LogP contribution in [0.3, 0.4) is 0 Å². The highest BCUT2D eigenvalue weighted by atomic mass is 35.5. The number of rotatable bonds is 8. The van der Waals surface area contributed by atoms with Crippen LogP contribution < -0.4 is 14.2 Å². The Kier molecular flexibility index (Phi) is 7.53. The zero-order valence-electron chi connectivity index (χ0n) is 20.7. The first-order valence-corrected chi connectivity index (χ1v) is 13.1. The van der Waals surface area contributed by atoms with Crippen molar-refractivity contribution >= 4 is 52.0 Å². The normalized spacial score (nSPS) is 15.8. The Morgan fingerprint density at radius 2 is 1.82 bits per heavy atom. The van der Waals surface area contributed by atoms with E-state index in [0.29, 0.717) is 40.5 Å². The van der Waals surface area contributed by atoms with Crippen molar-refractivity contribution in [2.24, 2.45) is 4.99 Å². The molecule has 0 radical (unpaired) electrons. The molecule has 0 bridgehead atoms. The number of aryl methyl sites for hydroxylation is 1. The van der Waals surface area contributed by atoms with Crippen LogP contribution in [0.4, 0.5) is 0 Å². The van der Waals surface area contributed by atoms with Gasteiger partial charge in [0, 0.05) is 10.4 Å². The third kappa shape index (κ3) is 5.32. The van der Waals surface area contributed by atoms with E-state index in [1.807, 2.05) is 54.8 Å². The maximum atomic E-state index is 12.8. The van der Waals surface area contributed by atoms with E-state index in [0.717, 1.165) is 22.6 Å². The molecule has 0 aliphatic carbocycles. The molecular weight excluding hydrogens is 522 g/mol. The summed E-state index contributed by atoms with van der Waals surface area (Å²) in [6, 6.07) is 20.6. The smallest absolute Gasteiger partial charge is 0.283 e. The third-order valence-corrected chi connectivity index (χ3v) is 7.17. The van der Waals surface area contributed by atoms with Crippen LogP contribution in [0.15, 0.2) is 82.7 Å². The van der Waals surface area contributed by atoms with Crippen LogP contribution in [0.1, 0.15) is 16.7 Å². The van der Waals surface area contributed by atoms with Gasteiger partial charge in [0.15, 0.2) is 16.7 Å².